The Bertz CT molecular complexity index is 652. The lowest BCUT2D eigenvalue weighted by Gasteiger charge is -2.07. The van der Waals surface area contributed by atoms with Crippen LogP contribution in [-0.2, 0) is 16.6 Å². The Balaban J connectivity index is 2.30. The van der Waals surface area contributed by atoms with Gasteiger partial charge in [0, 0.05) is 12.7 Å². The fraction of sp³-hybridized carbons (Fsp3) is 0.182. The van der Waals surface area contributed by atoms with Gasteiger partial charge < -0.3 is 0 Å². The first kappa shape index (κ1) is 12.9. The number of hydrogen-bond donors (Lipinski definition) is 1. The van der Waals surface area contributed by atoms with Gasteiger partial charge in [0.05, 0.1) is 16.9 Å². The number of rotatable bonds is 4. The van der Waals surface area contributed by atoms with Crippen LogP contribution in [-0.4, -0.2) is 18.2 Å². The predicted molar refractivity (Wildman–Crippen MR) is 70.2 cm³/mol. The molecule has 0 aliphatic heterocycles. The predicted octanol–water partition coefficient (Wildman–Crippen LogP) is 2.36. The van der Waals surface area contributed by atoms with Crippen LogP contribution in [0.3, 0.4) is 0 Å². The van der Waals surface area contributed by atoms with E-state index in [2.05, 4.69) is 9.82 Å². The lowest BCUT2D eigenvalue weighted by Crippen LogP contribution is -2.12. The lowest BCUT2D eigenvalue weighted by atomic mass is 10.3. The molecule has 0 amide bonds. The van der Waals surface area contributed by atoms with Crippen LogP contribution in [0.4, 0.5) is 5.69 Å². The third-order valence-electron chi connectivity index (χ3n) is 2.36. The molecular formula is C11H12ClN3O2S. The average Bonchev–Trinajstić information content (AvgIpc) is 2.81. The molecule has 0 atom stereocenters. The van der Waals surface area contributed by atoms with Crippen molar-refractivity contribution in [3.63, 3.8) is 0 Å². The van der Waals surface area contributed by atoms with E-state index in [1.54, 1.807) is 28.9 Å². The number of halogens is 1. The third kappa shape index (κ3) is 2.65. The maximum Gasteiger partial charge on any atom is 0.265 e. The van der Waals surface area contributed by atoms with E-state index < -0.39 is 10.0 Å². The van der Waals surface area contributed by atoms with Gasteiger partial charge in [0.1, 0.15) is 4.90 Å². The molecule has 0 fully saturated rings. The Kier molecular flexibility index (Phi) is 3.58. The van der Waals surface area contributed by atoms with Crippen molar-refractivity contribution in [2.24, 2.45) is 0 Å². The molecule has 7 heteroatoms. The number of hydrogen-bond acceptors (Lipinski definition) is 3. The van der Waals surface area contributed by atoms with Crippen LogP contribution in [0.25, 0.3) is 0 Å². The average molecular weight is 286 g/mol. The van der Waals surface area contributed by atoms with Crippen molar-refractivity contribution in [1.29, 1.82) is 0 Å². The summed E-state index contributed by atoms with van der Waals surface area (Å²) < 4.78 is 28.1. The van der Waals surface area contributed by atoms with Crippen molar-refractivity contribution < 1.29 is 8.42 Å². The minimum Gasteiger partial charge on any atom is -0.278 e. The molecule has 0 spiro atoms. The van der Waals surface area contributed by atoms with Gasteiger partial charge in [-0.05, 0) is 19.1 Å². The van der Waals surface area contributed by atoms with E-state index in [0.29, 0.717) is 17.3 Å². The van der Waals surface area contributed by atoms with Crippen molar-refractivity contribution in [3.8, 4) is 0 Å². The standard InChI is InChI=1S/C11H12ClN3O2S/c1-2-15-8-9(7-13-15)18(16,17)14-11-6-4-3-5-10(11)12/h3-8,14H,2H2,1H3. The Hall–Kier alpha value is -1.53. The van der Waals surface area contributed by atoms with Crippen molar-refractivity contribution in [2.75, 3.05) is 4.72 Å². The van der Waals surface area contributed by atoms with Crippen LogP contribution in [0, 0.1) is 0 Å². The van der Waals surface area contributed by atoms with Crippen molar-refractivity contribution >= 4 is 27.3 Å². The van der Waals surface area contributed by atoms with E-state index >= 15 is 0 Å². The molecule has 0 saturated carbocycles. The minimum atomic E-state index is -3.64. The summed E-state index contributed by atoms with van der Waals surface area (Å²) in [5, 5.41) is 4.28. The number of nitrogens with zero attached hydrogens (tertiary/aromatic N) is 2. The van der Waals surface area contributed by atoms with E-state index in [1.165, 1.54) is 12.4 Å². The van der Waals surface area contributed by atoms with Crippen LogP contribution in [0.1, 0.15) is 6.92 Å². The van der Waals surface area contributed by atoms with Gasteiger partial charge in [0.2, 0.25) is 0 Å². The second-order valence-electron chi connectivity index (χ2n) is 3.62. The molecular weight excluding hydrogens is 274 g/mol. The molecule has 0 bridgehead atoms. The minimum absolute atomic E-state index is 0.115. The molecule has 18 heavy (non-hydrogen) atoms. The van der Waals surface area contributed by atoms with Crippen molar-refractivity contribution in [1.82, 2.24) is 9.78 Å². The summed E-state index contributed by atoms with van der Waals surface area (Å²) in [7, 11) is -3.64. The molecule has 0 aliphatic carbocycles. The summed E-state index contributed by atoms with van der Waals surface area (Å²) in [6.07, 6.45) is 2.78. The molecule has 96 valence electrons. The first-order valence-electron chi connectivity index (χ1n) is 5.32. The van der Waals surface area contributed by atoms with Crippen LogP contribution in [0.15, 0.2) is 41.6 Å². The number of anilines is 1. The highest BCUT2D eigenvalue weighted by molar-refractivity contribution is 7.92. The fourth-order valence-electron chi connectivity index (χ4n) is 1.40. The zero-order valence-electron chi connectivity index (χ0n) is 9.67. The molecule has 1 aromatic heterocycles. The first-order chi connectivity index (χ1) is 8.53. The SMILES string of the molecule is CCn1cc(S(=O)(=O)Nc2ccccc2Cl)cn1. The molecule has 5 nitrogen and oxygen atoms in total. The molecule has 0 saturated heterocycles. The number of aryl methyl sites for hydroxylation is 1. The number of benzene rings is 1. The first-order valence-corrected chi connectivity index (χ1v) is 7.19. The van der Waals surface area contributed by atoms with Crippen molar-refractivity contribution in [2.45, 2.75) is 18.4 Å². The Morgan fingerprint density at radius 2 is 2.11 bits per heavy atom. The molecule has 2 aromatic rings. The van der Waals surface area contributed by atoms with E-state index in [1.807, 2.05) is 6.92 Å². The maximum absolute atomic E-state index is 12.1. The van der Waals surface area contributed by atoms with Gasteiger partial charge in [0.25, 0.3) is 10.0 Å². The van der Waals surface area contributed by atoms with Gasteiger partial charge in [-0.25, -0.2) is 8.42 Å². The summed E-state index contributed by atoms with van der Waals surface area (Å²) >= 11 is 5.90. The summed E-state index contributed by atoms with van der Waals surface area (Å²) in [5.74, 6) is 0. The van der Waals surface area contributed by atoms with E-state index in [9.17, 15) is 8.42 Å². The van der Waals surface area contributed by atoms with Gasteiger partial charge in [0.15, 0.2) is 0 Å². The van der Waals surface area contributed by atoms with E-state index in [4.69, 9.17) is 11.6 Å². The topological polar surface area (TPSA) is 64.0 Å². The lowest BCUT2D eigenvalue weighted by molar-refractivity contribution is 0.600. The zero-order valence-corrected chi connectivity index (χ0v) is 11.2. The van der Waals surface area contributed by atoms with E-state index in [-0.39, 0.29) is 4.90 Å². The van der Waals surface area contributed by atoms with Crippen LogP contribution >= 0.6 is 11.6 Å². The number of aromatic nitrogens is 2. The monoisotopic (exact) mass is 285 g/mol. The molecule has 1 N–H and O–H groups in total. The molecule has 2 rings (SSSR count). The van der Waals surface area contributed by atoms with Crippen LogP contribution in [0.2, 0.25) is 5.02 Å². The highest BCUT2D eigenvalue weighted by atomic mass is 35.5. The Labute approximate surface area is 110 Å². The third-order valence-corrected chi connectivity index (χ3v) is 4.01. The smallest absolute Gasteiger partial charge is 0.265 e. The molecule has 0 radical (unpaired) electrons. The summed E-state index contributed by atoms with van der Waals surface area (Å²) in [6, 6.07) is 6.66. The van der Waals surface area contributed by atoms with Gasteiger partial charge in [-0.3, -0.25) is 9.40 Å². The summed E-state index contributed by atoms with van der Waals surface area (Å²) in [5.41, 5.74) is 0.350. The molecule has 1 aromatic carbocycles. The molecule has 0 unspecified atom stereocenters. The van der Waals surface area contributed by atoms with Gasteiger partial charge in [-0.2, -0.15) is 5.10 Å². The van der Waals surface area contributed by atoms with Crippen LogP contribution in [0.5, 0.6) is 0 Å². The zero-order chi connectivity index (χ0) is 13.2. The quantitative estimate of drug-likeness (QED) is 0.938. The maximum atomic E-state index is 12.1. The second-order valence-corrected chi connectivity index (χ2v) is 5.71. The number of nitrogens with one attached hydrogen (secondary N) is 1. The van der Waals surface area contributed by atoms with E-state index in [0.717, 1.165) is 0 Å². The largest absolute Gasteiger partial charge is 0.278 e. The fourth-order valence-corrected chi connectivity index (χ4v) is 2.67. The molecule has 0 aliphatic rings. The van der Waals surface area contributed by atoms with Crippen LogP contribution < -0.4 is 4.72 Å². The Morgan fingerprint density at radius 1 is 1.39 bits per heavy atom. The van der Waals surface area contributed by atoms with Gasteiger partial charge in [-0.1, -0.05) is 23.7 Å². The second kappa shape index (κ2) is 4.99. The highest BCUT2D eigenvalue weighted by Crippen LogP contribution is 2.23. The number of sulfonamides is 1. The Morgan fingerprint density at radius 3 is 2.72 bits per heavy atom. The highest BCUT2D eigenvalue weighted by Gasteiger charge is 2.17. The number of para-hydroxylation sites is 1. The summed E-state index contributed by atoms with van der Waals surface area (Å²) in [4.78, 5) is 0.115. The normalized spacial score (nSPS) is 11.4. The van der Waals surface area contributed by atoms with Crippen molar-refractivity contribution in [3.05, 3.63) is 41.7 Å². The summed E-state index contributed by atoms with van der Waals surface area (Å²) in [6.45, 7) is 2.49. The van der Waals surface area contributed by atoms with Gasteiger partial charge >= 0.3 is 0 Å². The van der Waals surface area contributed by atoms with Gasteiger partial charge in [-0.15, -0.1) is 0 Å². The molecule has 1 heterocycles.